The Kier molecular flexibility index (Phi) is 3.92. The van der Waals surface area contributed by atoms with Crippen LogP contribution in [0.2, 0.25) is 0 Å². The van der Waals surface area contributed by atoms with Crippen molar-refractivity contribution in [2.75, 3.05) is 12.9 Å². The van der Waals surface area contributed by atoms with Crippen LogP contribution in [0.25, 0.3) is 0 Å². The van der Waals surface area contributed by atoms with Crippen LogP contribution >= 0.6 is 0 Å². The van der Waals surface area contributed by atoms with Gasteiger partial charge in [0, 0.05) is 0 Å². The lowest BCUT2D eigenvalue weighted by molar-refractivity contribution is 0.413. The summed E-state index contributed by atoms with van der Waals surface area (Å²) >= 11 is 0. The average Bonchev–Trinajstić information content (AvgIpc) is 2.70. The monoisotopic (exact) mass is 270 g/mol. The lowest BCUT2D eigenvalue weighted by atomic mass is 9.96. The smallest absolute Gasteiger partial charge is 0.264 e. The molecule has 5 heteroatoms. The van der Waals surface area contributed by atoms with Crippen LogP contribution in [-0.4, -0.2) is 25.8 Å². The maximum absolute atomic E-state index is 10.7. The normalized spacial score (nSPS) is 18.7. The number of ether oxygens (including phenoxy) is 1. The van der Waals surface area contributed by atoms with Gasteiger partial charge in [0.25, 0.3) is 10.1 Å². The van der Waals surface area contributed by atoms with Gasteiger partial charge in [0.2, 0.25) is 0 Å². The molecule has 2 rings (SSSR count). The van der Waals surface area contributed by atoms with Crippen LogP contribution in [0.3, 0.4) is 0 Å². The number of benzene rings is 1. The number of methoxy groups -OCH3 is 1. The molecule has 0 aromatic heterocycles. The second-order valence-electron chi connectivity index (χ2n) is 4.73. The molecule has 1 aliphatic rings. The number of hydrogen-bond acceptors (Lipinski definition) is 3. The minimum absolute atomic E-state index is 0.150. The molecule has 18 heavy (non-hydrogen) atoms. The van der Waals surface area contributed by atoms with Crippen molar-refractivity contribution in [2.45, 2.75) is 31.6 Å². The molecule has 1 unspecified atom stereocenters. The van der Waals surface area contributed by atoms with E-state index in [0.717, 1.165) is 25.0 Å². The summed E-state index contributed by atoms with van der Waals surface area (Å²) in [6, 6.07) is 6.08. The Morgan fingerprint density at radius 1 is 1.44 bits per heavy atom. The van der Waals surface area contributed by atoms with Crippen LogP contribution in [0.1, 0.15) is 36.3 Å². The first-order valence-electron chi connectivity index (χ1n) is 6.11. The highest BCUT2D eigenvalue weighted by atomic mass is 32.2. The Balaban J connectivity index is 2.02. The van der Waals surface area contributed by atoms with Crippen LogP contribution in [0, 0.1) is 0 Å². The minimum Gasteiger partial charge on any atom is -0.497 e. The van der Waals surface area contributed by atoms with Gasteiger partial charge in [-0.05, 0) is 54.9 Å². The summed E-state index contributed by atoms with van der Waals surface area (Å²) in [7, 11) is -2.19. The molecule has 0 heterocycles. The molecule has 1 N–H and O–H groups in total. The predicted octanol–water partition coefficient (Wildman–Crippen LogP) is 2.39. The highest BCUT2D eigenvalue weighted by Crippen LogP contribution is 2.38. The molecule has 0 aliphatic heterocycles. The highest BCUT2D eigenvalue weighted by molar-refractivity contribution is 7.85. The van der Waals surface area contributed by atoms with E-state index < -0.39 is 10.1 Å². The van der Waals surface area contributed by atoms with Gasteiger partial charge in [-0.1, -0.05) is 6.07 Å². The Morgan fingerprint density at radius 2 is 2.22 bits per heavy atom. The molecule has 0 fully saturated rings. The summed E-state index contributed by atoms with van der Waals surface area (Å²) in [5.74, 6) is 1.08. The van der Waals surface area contributed by atoms with E-state index in [-0.39, 0.29) is 5.75 Å². The van der Waals surface area contributed by atoms with E-state index in [1.807, 2.05) is 12.1 Å². The van der Waals surface area contributed by atoms with Gasteiger partial charge in [-0.25, -0.2) is 0 Å². The molecule has 1 aliphatic carbocycles. The fraction of sp³-hybridized carbons (Fsp3) is 0.538. The van der Waals surface area contributed by atoms with E-state index in [0.29, 0.717) is 12.3 Å². The number of hydrogen-bond donors (Lipinski definition) is 1. The van der Waals surface area contributed by atoms with Crippen molar-refractivity contribution >= 4 is 10.1 Å². The summed E-state index contributed by atoms with van der Waals surface area (Å²) < 4.78 is 35.3. The molecule has 0 amide bonds. The summed E-state index contributed by atoms with van der Waals surface area (Å²) in [4.78, 5) is 0. The first kappa shape index (κ1) is 13.4. The van der Waals surface area contributed by atoms with Crippen LogP contribution in [0.15, 0.2) is 18.2 Å². The van der Waals surface area contributed by atoms with Crippen molar-refractivity contribution < 1.29 is 17.7 Å². The minimum atomic E-state index is -3.83. The van der Waals surface area contributed by atoms with E-state index in [1.54, 1.807) is 7.11 Å². The zero-order valence-corrected chi connectivity index (χ0v) is 11.2. The summed E-state index contributed by atoms with van der Waals surface area (Å²) in [5.41, 5.74) is 2.59. The van der Waals surface area contributed by atoms with Crippen molar-refractivity contribution in [1.29, 1.82) is 0 Å². The van der Waals surface area contributed by atoms with Crippen LogP contribution in [-0.2, 0) is 16.5 Å². The average molecular weight is 270 g/mol. The molecule has 0 radical (unpaired) electrons. The van der Waals surface area contributed by atoms with E-state index in [2.05, 4.69) is 6.07 Å². The number of fused-ring (bicyclic) bond motifs is 1. The van der Waals surface area contributed by atoms with Crippen LogP contribution in [0.4, 0.5) is 0 Å². The zero-order valence-electron chi connectivity index (χ0n) is 10.4. The zero-order chi connectivity index (χ0) is 13.2. The topological polar surface area (TPSA) is 63.6 Å². The first-order chi connectivity index (χ1) is 8.49. The molecule has 1 atom stereocenters. The van der Waals surface area contributed by atoms with E-state index in [9.17, 15) is 8.42 Å². The summed E-state index contributed by atoms with van der Waals surface area (Å²) in [6.45, 7) is 0. The molecule has 0 bridgehead atoms. The maximum Gasteiger partial charge on any atom is 0.264 e. The Hall–Kier alpha value is -1.07. The lowest BCUT2D eigenvalue weighted by Crippen LogP contribution is -2.05. The second kappa shape index (κ2) is 5.28. The molecule has 4 nitrogen and oxygen atoms in total. The largest absolute Gasteiger partial charge is 0.497 e. The molecule has 0 saturated heterocycles. The maximum atomic E-state index is 10.7. The highest BCUT2D eigenvalue weighted by Gasteiger charge is 2.23. The SMILES string of the molecule is COc1ccc2c(c1)C(CCCS(=O)(=O)O)CC2. The first-order valence-corrected chi connectivity index (χ1v) is 7.72. The molecular weight excluding hydrogens is 252 g/mol. The van der Waals surface area contributed by atoms with Gasteiger partial charge in [-0.3, -0.25) is 4.55 Å². The van der Waals surface area contributed by atoms with E-state index >= 15 is 0 Å². The second-order valence-corrected chi connectivity index (χ2v) is 6.30. The standard InChI is InChI=1S/C13H18O4S/c1-17-12-7-6-11-5-4-10(13(11)9-12)3-2-8-18(14,15)16/h6-7,9-10H,2-5,8H2,1H3,(H,14,15,16). The van der Waals surface area contributed by atoms with Crippen molar-refractivity contribution in [3.8, 4) is 5.75 Å². The molecule has 100 valence electrons. The van der Waals surface area contributed by atoms with E-state index in [4.69, 9.17) is 9.29 Å². The third kappa shape index (κ3) is 3.23. The molecule has 1 aromatic carbocycles. The lowest BCUT2D eigenvalue weighted by Gasteiger charge is -2.12. The quantitative estimate of drug-likeness (QED) is 0.834. The van der Waals surface area contributed by atoms with Crippen LogP contribution < -0.4 is 4.74 Å². The van der Waals surface area contributed by atoms with Crippen molar-refractivity contribution in [2.24, 2.45) is 0 Å². The van der Waals surface area contributed by atoms with Gasteiger partial charge in [-0.15, -0.1) is 0 Å². The fourth-order valence-electron chi connectivity index (χ4n) is 2.60. The Morgan fingerprint density at radius 3 is 2.89 bits per heavy atom. The fourth-order valence-corrected chi connectivity index (χ4v) is 3.14. The summed E-state index contributed by atoms with van der Waals surface area (Å²) in [6.07, 6.45) is 3.38. The van der Waals surface area contributed by atoms with Crippen molar-refractivity contribution in [3.63, 3.8) is 0 Å². The van der Waals surface area contributed by atoms with Gasteiger partial charge in [-0.2, -0.15) is 8.42 Å². The van der Waals surface area contributed by atoms with Gasteiger partial charge in [0.1, 0.15) is 5.75 Å². The third-order valence-corrected chi connectivity index (χ3v) is 4.31. The number of rotatable bonds is 5. The third-order valence-electron chi connectivity index (χ3n) is 3.51. The molecule has 0 spiro atoms. The van der Waals surface area contributed by atoms with Crippen molar-refractivity contribution in [3.05, 3.63) is 29.3 Å². The molecule has 1 aromatic rings. The molecule has 0 saturated carbocycles. The van der Waals surface area contributed by atoms with Gasteiger partial charge in [0.15, 0.2) is 0 Å². The molecular formula is C13H18O4S. The van der Waals surface area contributed by atoms with Gasteiger partial charge in [0.05, 0.1) is 12.9 Å². The Labute approximate surface area is 108 Å². The van der Waals surface area contributed by atoms with Gasteiger partial charge < -0.3 is 4.74 Å². The number of aryl methyl sites for hydroxylation is 1. The summed E-state index contributed by atoms with van der Waals surface area (Å²) in [5, 5.41) is 0. The predicted molar refractivity (Wildman–Crippen MR) is 69.7 cm³/mol. The Bertz CT molecular complexity index is 522. The van der Waals surface area contributed by atoms with Gasteiger partial charge >= 0.3 is 0 Å². The van der Waals surface area contributed by atoms with Crippen molar-refractivity contribution in [1.82, 2.24) is 0 Å². The van der Waals surface area contributed by atoms with Crippen LogP contribution in [0.5, 0.6) is 5.75 Å². The van der Waals surface area contributed by atoms with E-state index in [1.165, 1.54) is 11.1 Å².